The van der Waals surface area contributed by atoms with Crippen molar-refractivity contribution in [3.63, 3.8) is 0 Å². The fourth-order valence-electron chi connectivity index (χ4n) is 4.80. The van der Waals surface area contributed by atoms with Gasteiger partial charge in [0, 0.05) is 5.56 Å². The number of nitrogens with zero attached hydrogens (tertiary/aromatic N) is 1. The van der Waals surface area contributed by atoms with Crippen LogP contribution in [0.4, 0.5) is 5.69 Å². The second kappa shape index (κ2) is 4.92. The number of imide groups is 1. The summed E-state index contributed by atoms with van der Waals surface area (Å²) < 4.78 is 6.07. The van der Waals surface area contributed by atoms with Crippen LogP contribution in [0.1, 0.15) is 13.8 Å². The minimum Gasteiger partial charge on any atom is -0.359 e. The van der Waals surface area contributed by atoms with Gasteiger partial charge in [-0.05, 0) is 25.5 Å². The Balaban J connectivity index is 1.64. The highest BCUT2D eigenvalue weighted by Crippen LogP contribution is 2.57. The van der Waals surface area contributed by atoms with Gasteiger partial charge < -0.3 is 4.74 Å². The van der Waals surface area contributed by atoms with Crippen LogP contribution in [0.15, 0.2) is 66.7 Å². The van der Waals surface area contributed by atoms with Crippen molar-refractivity contribution in [1.29, 1.82) is 0 Å². The third-order valence-corrected chi connectivity index (χ3v) is 5.96. The molecule has 3 heterocycles. The van der Waals surface area contributed by atoms with Gasteiger partial charge in [0.25, 0.3) is 0 Å². The first kappa shape index (κ1) is 15.5. The van der Waals surface area contributed by atoms with E-state index in [4.69, 9.17) is 4.74 Å². The van der Waals surface area contributed by atoms with Crippen molar-refractivity contribution in [1.82, 2.24) is 0 Å². The van der Waals surface area contributed by atoms with Crippen LogP contribution in [0.5, 0.6) is 0 Å². The number of carbonyl (C=O) groups excluding carboxylic acids is 2. The average Bonchev–Trinajstić information content (AvgIpc) is 3.19. The van der Waals surface area contributed by atoms with E-state index in [1.807, 2.05) is 80.6 Å². The third-order valence-electron chi connectivity index (χ3n) is 5.96. The summed E-state index contributed by atoms with van der Waals surface area (Å²) in [6.45, 7) is 3.80. The van der Waals surface area contributed by atoms with E-state index in [0.717, 1.165) is 11.1 Å². The zero-order chi connectivity index (χ0) is 18.1. The maximum atomic E-state index is 13.3. The first-order chi connectivity index (χ1) is 12.4. The summed E-state index contributed by atoms with van der Waals surface area (Å²) in [5, 5.41) is 0. The number of carbonyl (C=O) groups is 2. The van der Waals surface area contributed by atoms with E-state index < -0.39 is 23.0 Å². The monoisotopic (exact) mass is 345 g/mol. The van der Waals surface area contributed by atoms with Crippen LogP contribution in [-0.2, 0) is 14.3 Å². The van der Waals surface area contributed by atoms with Crippen molar-refractivity contribution >= 4 is 17.5 Å². The normalized spacial score (nSPS) is 34.6. The van der Waals surface area contributed by atoms with Crippen LogP contribution in [0, 0.1) is 11.8 Å². The molecule has 0 spiro atoms. The SMILES string of the molecule is CC12C=CC(C)(O1)C1C(=O)N(c3ccccc3-c3ccccc3)C(=O)C12. The predicted octanol–water partition coefficient (Wildman–Crippen LogP) is 3.58. The predicted molar refractivity (Wildman–Crippen MR) is 98.4 cm³/mol. The molecule has 2 fully saturated rings. The quantitative estimate of drug-likeness (QED) is 0.617. The van der Waals surface area contributed by atoms with Crippen molar-refractivity contribution in [3.05, 3.63) is 66.7 Å². The highest BCUT2D eigenvalue weighted by atomic mass is 16.5. The Kier molecular flexibility index (Phi) is 2.94. The molecule has 0 aliphatic carbocycles. The van der Waals surface area contributed by atoms with Gasteiger partial charge in [-0.3, -0.25) is 9.59 Å². The van der Waals surface area contributed by atoms with Crippen LogP contribution in [0.3, 0.4) is 0 Å². The van der Waals surface area contributed by atoms with Crippen LogP contribution >= 0.6 is 0 Å². The smallest absolute Gasteiger partial charge is 0.241 e. The lowest BCUT2D eigenvalue weighted by atomic mass is 9.73. The molecule has 2 aromatic carbocycles. The van der Waals surface area contributed by atoms with Crippen molar-refractivity contribution in [3.8, 4) is 11.1 Å². The number of benzene rings is 2. The minimum absolute atomic E-state index is 0.168. The highest BCUT2D eigenvalue weighted by molar-refractivity contribution is 6.24. The Bertz CT molecular complexity index is 930. The Morgan fingerprint density at radius 2 is 1.35 bits per heavy atom. The summed E-state index contributed by atoms with van der Waals surface area (Å²) >= 11 is 0. The standard InChI is InChI=1S/C22H19NO3/c1-21-12-13-22(2,26-21)18-17(21)19(24)23(20(18)25)16-11-7-6-10-15(16)14-8-4-3-5-9-14/h3-13,17-18H,1-2H3. The van der Waals surface area contributed by atoms with Crippen LogP contribution in [0.25, 0.3) is 11.1 Å². The van der Waals surface area contributed by atoms with Crippen molar-refractivity contribution < 1.29 is 14.3 Å². The third kappa shape index (κ3) is 1.82. The van der Waals surface area contributed by atoms with E-state index >= 15 is 0 Å². The molecule has 2 bridgehead atoms. The number of ether oxygens (including phenoxy) is 1. The van der Waals surface area contributed by atoms with Crippen LogP contribution < -0.4 is 4.90 Å². The van der Waals surface area contributed by atoms with E-state index in [1.165, 1.54) is 4.90 Å². The summed E-state index contributed by atoms with van der Waals surface area (Å²) in [6.07, 6.45) is 3.87. The molecule has 3 aliphatic rings. The molecule has 130 valence electrons. The van der Waals surface area contributed by atoms with Gasteiger partial charge in [-0.25, -0.2) is 4.90 Å². The Labute approximate surface area is 152 Å². The fourth-order valence-corrected chi connectivity index (χ4v) is 4.80. The summed E-state index contributed by atoms with van der Waals surface area (Å²) in [5.41, 5.74) is 1.10. The van der Waals surface area contributed by atoms with Crippen LogP contribution in [-0.4, -0.2) is 23.0 Å². The lowest BCUT2D eigenvalue weighted by Crippen LogP contribution is -2.39. The van der Waals surface area contributed by atoms with E-state index in [9.17, 15) is 9.59 Å². The molecule has 4 unspecified atom stereocenters. The van der Waals surface area contributed by atoms with Gasteiger partial charge in [-0.1, -0.05) is 60.7 Å². The maximum absolute atomic E-state index is 13.3. The summed E-state index contributed by atoms with van der Waals surface area (Å²) in [4.78, 5) is 28.0. The largest absolute Gasteiger partial charge is 0.359 e. The van der Waals surface area contributed by atoms with E-state index in [-0.39, 0.29) is 11.8 Å². The molecular formula is C22H19NO3. The number of fused-ring (bicyclic) bond motifs is 5. The number of hydrogen-bond acceptors (Lipinski definition) is 3. The average molecular weight is 345 g/mol. The zero-order valence-electron chi connectivity index (χ0n) is 14.7. The maximum Gasteiger partial charge on any atom is 0.241 e. The zero-order valence-corrected chi connectivity index (χ0v) is 14.7. The van der Waals surface area contributed by atoms with Crippen molar-refractivity contribution in [2.75, 3.05) is 4.90 Å². The lowest BCUT2D eigenvalue weighted by Gasteiger charge is -2.26. The molecule has 2 aromatic rings. The van der Waals surface area contributed by atoms with Gasteiger partial charge in [-0.2, -0.15) is 0 Å². The van der Waals surface area contributed by atoms with Gasteiger partial charge in [0.2, 0.25) is 11.8 Å². The lowest BCUT2D eigenvalue weighted by molar-refractivity contribution is -0.128. The molecule has 0 saturated carbocycles. The number of hydrogen-bond donors (Lipinski definition) is 0. The van der Waals surface area contributed by atoms with Gasteiger partial charge in [0.05, 0.1) is 28.7 Å². The molecule has 4 atom stereocenters. The number of para-hydroxylation sites is 1. The van der Waals surface area contributed by atoms with Gasteiger partial charge in [0.15, 0.2) is 0 Å². The first-order valence-corrected chi connectivity index (χ1v) is 8.87. The highest BCUT2D eigenvalue weighted by Gasteiger charge is 2.70. The molecule has 5 rings (SSSR count). The summed E-state index contributed by atoms with van der Waals surface area (Å²) in [5.74, 6) is -1.26. The van der Waals surface area contributed by atoms with E-state index in [1.54, 1.807) is 0 Å². The van der Waals surface area contributed by atoms with E-state index in [0.29, 0.717) is 5.69 Å². The molecule has 2 saturated heterocycles. The molecule has 4 heteroatoms. The first-order valence-electron chi connectivity index (χ1n) is 8.87. The fraction of sp³-hybridized carbons (Fsp3) is 0.273. The molecule has 0 aromatic heterocycles. The van der Waals surface area contributed by atoms with Crippen LogP contribution in [0.2, 0.25) is 0 Å². The Morgan fingerprint density at radius 3 is 1.96 bits per heavy atom. The van der Waals surface area contributed by atoms with Crippen molar-refractivity contribution in [2.45, 2.75) is 25.0 Å². The van der Waals surface area contributed by atoms with E-state index in [2.05, 4.69) is 0 Å². The number of rotatable bonds is 2. The second-order valence-electron chi connectivity index (χ2n) is 7.65. The molecule has 26 heavy (non-hydrogen) atoms. The molecule has 2 amide bonds. The molecular weight excluding hydrogens is 326 g/mol. The Morgan fingerprint density at radius 1 is 0.808 bits per heavy atom. The second-order valence-corrected chi connectivity index (χ2v) is 7.65. The van der Waals surface area contributed by atoms with Gasteiger partial charge in [-0.15, -0.1) is 0 Å². The molecule has 0 radical (unpaired) electrons. The molecule has 4 nitrogen and oxygen atoms in total. The number of anilines is 1. The molecule has 0 N–H and O–H groups in total. The number of amides is 2. The molecule has 3 aliphatic heterocycles. The summed E-state index contributed by atoms with van der Waals surface area (Å²) in [7, 11) is 0. The minimum atomic E-state index is -0.706. The topological polar surface area (TPSA) is 46.6 Å². The Hall–Kier alpha value is -2.72. The van der Waals surface area contributed by atoms with Gasteiger partial charge in [0.1, 0.15) is 0 Å². The van der Waals surface area contributed by atoms with Gasteiger partial charge >= 0.3 is 0 Å². The van der Waals surface area contributed by atoms with Crippen molar-refractivity contribution in [2.24, 2.45) is 11.8 Å². The summed E-state index contributed by atoms with van der Waals surface area (Å²) in [6, 6.07) is 17.4.